The molecular weight excluding hydrogens is 264 g/mol. The first-order chi connectivity index (χ1) is 10.0. The van der Waals surface area contributed by atoms with Crippen molar-refractivity contribution < 1.29 is 14.6 Å². The van der Waals surface area contributed by atoms with E-state index in [1.54, 1.807) is 0 Å². The average Bonchev–Trinajstić information content (AvgIpc) is 2.92. The second kappa shape index (κ2) is 10.1. The first-order valence-electron chi connectivity index (χ1n) is 8.20. The Balaban J connectivity index is 2.35. The van der Waals surface area contributed by atoms with Crippen molar-refractivity contribution in [2.24, 2.45) is 11.8 Å². The molecule has 1 aliphatic rings. The normalized spacial score (nSPS) is 19.5. The summed E-state index contributed by atoms with van der Waals surface area (Å²) in [4.78, 5) is 0. The zero-order valence-corrected chi connectivity index (χ0v) is 14.1. The van der Waals surface area contributed by atoms with E-state index in [2.05, 4.69) is 33.8 Å². The van der Waals surface area contributed by atoms with E-state index >= 15 is 0 Å². The van der Waals surface area contributed by atoms with E-state index in [0.717, 1.165) is 38.9 Å². The molecule has 0 aromatic carbocycles. The maximum absolute atomic E-state index is 8.83. The second-order valence-corrected chi connectivity index (χ2v) is 6.38. The Morgan fingerprint density at radius 2 is 1.71 bits per heavy atom. The van der Waals surface area contributed by atoms with Gasteiger partial charge in [-0.15, -0.1) is 0 Å². The molecule has 1 aliphatic heterocycles. The summed E-state index contributed by atoms with van der Waals surface area (Å²) in [7, 11) is 0. The van der Waals surface area contributed by atoms with E-state index in [-0.39, 0.29) is 12.9 Å². The summed E-state index contributed by atoms with van der Waals surface area (Å²) in [5.41, 5.74) is 2.70. The molecule has 0 bridgehead atoms. The van der Waals surface area contributed by atoms with Gasteiger partial charge in [-0.25, -0.2) is 0 Å². The summed E-state index contributed by atoms with van der Waals surface area (Å²) >= 11 is 0. The van der Waals surface area contributed by atoms with Crippen LogP contribution in [0, 0.1) is 11.8 Å². The SMILES string of the molecule is C/C(=C\CO)CC/C=C(\C)CCC(C(C)C)C1OCCO1. The molecule has 1 N–H and O–H groups in total. The number of rotatable bonds is 9. The average molecular weight is 296 g/mol. The molecule has 0 spiro atoms. The van der Waals surface area contributed by atoms with Crippen LogP contribution in [0.2, 0.25) is 0 Å². The molecule has 3 nitrogen and oxygen atoms in total. The zero-order chi connectivity index (χ0) is 15.7. The molecule has 0 aromatic heterocycles. The van der Waals surface area contributed by atoms with Gasteiger partial charge >= 0.3 is 0 Å². The number of ether oxygens (including phenoxy) is 2. The van der Waals surface area contributed by atoms with E-state index in [4.69, 9.17) is 14.6 Å². The molecule has 0 aliphatic carbocycles. The highest BCUT2D eigenvalue weighted by atomic mass is 16.7. The lowest BCUT2D eigenvalue weighted by atomic mass is 9.89. The van der Waals surface area contributed by atoms with E-state index in [1.807, 2.05) is 6.08 Å². The van der Waals surface area contributed by atoms with Gasteiger partial charge in [0.05, 0.1) is 19.8 Å². The topological polar surface area (TPSA) is 38.7 Å². The number of hydrogen-bond donors (Lipinski definition) is 1. The van der Waals surface area contributed by atoms with Gasteiger partial charge in [-0.05, 0) is 45.4 Å². The quantitative estimate of drug-likeness (QED) is 0.652. The van der Waals surface area contributed by atoms with Gasteiger partial charge < -0.3 is 14.6 Å². The number of aliphatic hydroxyl groups is 1. The van der Waals surface area contributed by atoms with Gasteiger partial charge in [-0.3, -0.25) is 0 Å². The van der Waals surface area contributed by atoms with Crippen LogP contribution in [0.1, 0.15) is 53.4 Å². The lowest BCUT2D eigenvalue weighted by Crippen LogP contribution is -2.26. The molecule has 122 valence electrons. The molecule has 1 rings (SSSR count). The molecule has 0 saturated carbocycles. The first-order valence-corrected chi connectivity index (χ1v) is 8.20. The molecule has 0 aromatic rings. The second-order valence-electron chi connectivity index (χ2n) is 6.38. The third-order valence-electron chi connectivity index (χ3n) is 4.20. The fraction of sp³-hybridized carbons (Fsp3) is 0.778. The standard InChI is InChI=1S/C18H32O3/c1-14(2)17(18-20-12-13-21-18)9-8-15(3)6-5-7-16(4)10-11-19/h6,10,14,17-19H,5,7-9,11-13H2,1-4H3/b15-6+,16-10+. The van der Waals surface area contributed by atoms with Crippen LogP contribution >= 0.6 is 0 Å². The van der Waals surface area contributed by atoms with Crippen LogP contribution in [0.25, 0.3) is 0 Å². The highest BCUT2D eigenvalue weighted by Gasteiger charge is 2.28. The van der Waals surface area contributed by atoms with Crippen molar-refractivity contribution in [3.63, 3.8) is 0 Å². The Kier molecular flexibility index (Phi) is 8.90. The molecule has 1 atom stereocenters. The summed E-state index contributed by atoms with van der Waals surface area (Å²) in [6, 6.07) is 0. The van der Waals surface area contributed by atoms with Gasteiger partial charge in [0.25, 0.3) is 0 Å². The summed E-state index contributed by atoms with van der Waals surface area (Å²) in [5.74, 6) is 1.06. The third kappa shape index (κ3) is 7.25. The number of allylic oxidation sites excluding steroid dienone is 3. The Morgan fingerprint density at radius 1 is 1.10 bits per heavy atom. The number of hydrogen-bond acceptors (Lipinski definition) is 3. The minimum atomic E-state index is -0.00691. The molecule has 1 unspecified atom stereocenters. The minimum Gasteiger partial charge on any atom is -0.392 e. The van der Waals surface area contributed by atoms with Crippen LogP contribution in [0.4, 0.5) is 0 Å². The Hall–Kier alpha value is -0.640. The lowest BCUT2D eigenvalue weighted by molar-refractivity contribution is -0.0977. The van der Waals surface area contributed by atoms with Gasteiger partial charge in [0.1, 0.15) is 0 Å². The minimum absolute atomic E-state index is 0.00691. The summed E-state index contributed by atoms with van der Waals surface area (Å²) in [6.07, 6.45) is 8.50. The summed E-state index contributed by atoms with van der Waals surface area (Å²) in [5, 5.41) is 8.83. The van der Waals surface area contributed by atoms with E-state index < -0.39 is 0 Å². The fourth-order valence-corrected chi connectivity index (χ4v) is 2.71. The van der Waals surface area contributed by atoms with E-state index in [0.29, 0.717) is 11.8 Å². The van der Waals surface area contributed by atoms with Gasteiger partial charge in [-0.2, -0.15) is 0 Å². The smallest absolute Gasteiger partial charge is 0.160 e. The Labute approximate surface area is 130 Å². The summed E-state index contributed by atoms with van der Waals surface area (Å²) in [6.45, 7) is 10.4. The van der Waals surface area contributed by atoms with E-state index in [1.165, 1.54) is 11.1 Å². The third-order valence-corrected chi connectivity index (χ3v) is 4.20. The maximum Gasteiger partial charge on any atom is 0.160 e. The van der Waals surface area contributed by atoms with Crippen LogP contribution in [0.5, 0.6) is 0 Å². The molecule has 1 heterocycles. The maximum atomic E-state index is 8.83. The van der Waals surface area contributed by atoms with Crippen LogP contribution < -0.4 is 0 Å². The van der Waals surface area contributed by atoms with Crippen molar-refractivity contribution in [2.45, 2.75) is 59.7 Å². The zero-order valence-electron chi connectivity index (χ0n) is 14.1. The predicted octanol–water partition coefficient (Wildman–Crippen LogP) is 4.08. The van der Waals surface area contributed by atoms with Crippen molar-refractivity contribution >= 4 is 0 Å². The molecule has 1 fully saturated rings. The van der Waals surface area contributed by atoms with E-state index in [9.17, 15) is 0 Å². The van der Waals surface area contributed by atoms with Crippen LogP contribution in [-0.2, 0) is 9.47 Å². The molecule has 0 amide bonds. The fourth-order valence-electron chi connectivity index (χ4n) is 2.71. The lowest BCUT2D eigenvalue weighted by Gasteiger charge is -2.25. The van der Waals surface area contributed by atoms with Crippen LogP contribution in [0.15, 0.2) is 23.3 Å². The van der Waals surface area contributed by atoms with Crippen LogP contribution in [-0.4, -0.2) is 31.2 Å². The predicted molar refractivity (Wildman–Crippen MR) is 87.1 cm³/mol. The Bertz CT molecular complexity index is 338. The molecule has 3 heteroatoms. The highest BCUT2D eigenvalue weighted by Crippen LogP contribution is 2.28. The van der Waals surface area contributed by atoms with Gasteiger partial charge in [0.15, 0.2) is 6.29 Å². The van der Waals surface area contributed by atoms with Crippen LogP contribution in [0.3, 0.4) is 0 Å². The molecule has 21 heavy (non-hydrogen) atoms. The Morgan fingerprint density at radius 3 is 2.29 bits per heavy atom. The molecule has 1 saturated heterocycles. The van der Waals surface area contributed by atoms with Crippen molar-refractivity contribution in [3.8, 4) is 0 Å². The molecular formula is C18H32O3. The highest BCUT2D eigenvalue weighted by molar-refractivity contribution is 5.03. The largest absolute Gasteiger partial charge is 0.392 e. The molecule has 0 radical (unpaired) electrons. The first kappa shape index (κ1) is 18.4. The monoisotopic (exact) mass is 296 g/mol. The van der Waals surface area contributed by atoms with Gasteiger partial charge in [0.2, 0.25) is 0 Å². The van der Waals surface area contributed by atoms with Crippen molar-refractivity contribution in [1.29, 1.82) is 0 Å². The van der Waals surface area contributed by atoms with Crippen molar-refractivity contribution in [1.82, 2.24) is 0 Å². The van der Waals surface area contributed by atoms with Gasteiger partial charge in [-0.1, -0.05) is 37.1 Å². The number of aliphatic hydroxyl groups excluding tert-OH is 1. The van der Waals surface area contributed by atoms with Crippen molar-refractivity contribution in [2.75, 3.05) is 19.8 Å². The van der Waals surface area contributed by atoms with Gasteiger partial charge in [0, 0.05) is 5.92 Å². The van der Waals surface area contributed by atoms with Crippen molar-refractivity contribution in [3.05, 3.63) is 23.3 Å². The summed E-state index contributed by atoms with van der Waals surface area (Å²) < 4.78 is 11.4.